The van der Waals surface area contributed by atoms with Gasteiger partial charge in [0.25, 0.3) is 0 Å². The van der Waals surface area contributed by atoms with Gasteiger partial charge in [-0.05, 0) is 18.6 Å². The average Bonchev–Trinajstić information content (AvgIpc) is 3.07. The van der Waals surface area contributed by atoms with Gasteiger partial charge in [-0.3, -0.25) is 9.38 Å². The predicted molar refractivity (Wildman–Crippen MR) is 92.5 cm³/mol. The Balaban J connectivity index is 1.64. The van der Waals surface area contributed by atoms with Crippen LogP contribution in [0.2, 0.25) is 0 Å². The van der Waals surface area contributed by atoms with Crippen LogP contribution in [0.25, 0.3) is 17.0 Å². The monoisotopic (exact) mass is 316 g/mol. The topological polar surface area (TPSA) is 68.0 Å². The van der Waals surface area contributed by atoms with E-state index in [0.717, 1.165) is 17.0 Å². The van der Waals surface area contributed by atoms with Gasteiger partial charge in [-0.25, -0.2) is 15.0 Å². The summed E-state index contributed by atoms with van der Waals surface area (Å²) in [4.78, 5) is 17.4. The zero-order chi connectivity index (χ0) is 16.4. The summed E-state index contributed by atoms with van der Waals surface area (Å²) in [5.41, 5.74) is 3.70. The molecule has 0 spiro atoms. The Labute approximate surface area is 139 Å². The predicted octanol–water partition coefficient (Wildman–Crippen LogP) is 3.36. The molecule has 4 rings (SSSR count). The minimum absolute atomic E-state index is 0.118. The van der Waals surface area contributed by atoms with Crippen molar-refractivity contribution in [3.05, 3.63) is 72.9 Å². The first-order valence-electron chi connectivity index (χ1n) is 7.73. The van der Waals surface area contributed by atoms with Crippen molar-refractivity contribution in [1.82, 2.24) is 24.3 Å². The summed E-state index contributed by atoms with van der Waals surface area (Å²) in [6.45, 7) is 2.09. The second-order valence-corrected chi connectivity index (χ2v) is 5.49. The molecule has 0 radical (unpaired) electrons. The van der Waals surface area contributed by atoms with E-state index in [9.17, 15) is 0 Å². The van der Waals surface area contributed by atoms with Gasteiger partial charge < -0.3 is 5.32 Å². The van der Waals surface area contributed by atoms with Gasteiger partial charge in [-0.1, -0.05) is 30.3 Å². The maximum atomic E-state index is 4.63. The third-order valence-electron chi connectivity index (χ3n) is 3.88. The number of rotatable bonds is 4. The van der Waals surface area contributed by atoms with E-state index >= 15 is 0 Å². The summed E-state index contributed by atoms with van der Waals surface area (Å²) < 4.78 is 1.96. The summed E-state index contributed by atoms with van der Waals surface area (Å²) in [7, 11) is 0. The molecule has 6 nitrogen and oxygen atoms in total. The van der Waals surface area contributed by atoms with E-state index in [-0.39, 0.29) is 6.04 Å². The molecule has 0 aliphatic rings. The number of fused-ring (bicyclic) bond motifs is 1. The second kappa shape index (κ2) is 6.08. The third-order valence-corrected chi connectivity index (χ3v) is 3.88. The molecule has 0 aliphatic carbocycles. The van der Waals surface area contributed by atoms with Gasteiger partial charge in [0, 0.05) is 18.6 Å². The van der Waals surface area contributed by atoms with E-state index in [1.165, 1.54) is 5.56 Å². The lowest BCUT2D eigenvalue weighted by Gasteiger charge is -2.14. The fourth-order valence-corrected chi connectivity index (χ4v) is 2.62. The first-order valence-corrected chi connectivity index (χ1v) is 7.73. The quantitative estimate of drug-likeness (QED) is 0.625. The van der Waals surface area contributed by atoms with Gasteiger partial charge in [0.2, 0.25) is 5.95 Å². The smallest absolute Gasteiger partial charge is 0.223 e. The Bertz CT molecular complexity index is 963. The van der Waals surface area contributed by atoms with Crippen LogP contribution in [0.3, 0.4) is 0 Å². The average molecular weight is 316 g/mol. The number of benzene rings is 1. The Morgan fingerprint density at radius 3 is 2.75 bits per heavy atom. The highest BCUT2D eigenvalue weighted by Crippen LogP contribution is 2.21. The molecule has 0 saturated carbocycles. The molecule has 24 heavy (non-hydrogen) atoms. The highest BCUT2D eigenvalue weighted by atomic mass is 15.1. The highest BCUT2D eigenvalue weighted by Gasteiger charge is 2.10. The van der Waals surface area contributed by atoms with Crippen LogP contribution in [0.5, 0.6) is 0 Å². The molecule has 3 heterocycles. The van der Waals surface area contributed by atoms with Crippen LogP contribution in [0, 0.1) is 0 Å². The molecule has 118 valence electrons. The van der Waals surface area contributed by atoms with E-state index in [1.807, 2.05) is 34.9 Å². The number of hydrogen-bond donors (Lipinski definition) is 1. The van der Waals surface area contributed by atoms with Crippen molar-refractivity contribution in [3.63, 3.8) is 0 Å². The van der Waals surface area contributed by atoms with E-state index in [0.29, 0.717) is 5.95 Å². The van der Waals surface area contributed by atoms with Gasteiger partial charge in [0.05, 0.1) is 29.8 Å². The fraction of sp³-hybridized carbons (Fsp3) is 0.111. The lowest BCUT2D eigenvalue weighted by atomic mass is 10.1. The van der Waals surface area contributed by atoms with Crippen molar-refractivity contribution in [3.8, 4) is 11.4 Å². The van der Waals surface area contributed by atoms with Gasteiger partial charge in [0.1, 0.15) is 0 Å². The lowest BCUT2D eigenvalue weighted by molar-refractivity contribution is 0.860. The number of nitrogens with one attached hydrogen (secondary N) is 1. The van der Waals surface area contributed by atoms with Crippen LogP contribution in [0.4, 0.5) is 5.95 Å². The first-order chi connectivity index (χ1) is 11.8. The molecule has 6 heteroatoms. The maximum absolute atomic E-state index is 4.63. The van der Waals surface area contributed by atoms with Gasteiger partial charge in [-0.2, -0.15) is 0 Å². The Hall–Kier alpha value is -3.28. The maximum Gasteiger partial charge on any atom is 0.223 e. The van der Waals surface area contributed by atoms with E-state index in [4.69, 9.17) is 0 Å². The lowest BCUT2D eigenvalue weighted by Crippen LogP contribution is -2.09. The second-order valence-electron chi connectivity index (χ2n) is 5.49. The van der Waals surface area contributed by atoms with Gasteiger partial charge >= 0.3 is 0 Å². The molecule has 0 aliphatic heterocycles. The minimum atomic E-state index is 0.118. The largest absolute Gasteiger partial charge is 0.348 e. The molecule has 1 aromatic carbocycles. The SMILES string of the molecule is C[C@H](Nc1nccc(-c2cnc3cnccn23)n1)c1ccccc1. The third kappa shape index (κ3) is 2.69. The first kappa shape index (κ1) is 14.3. The molecule has 4 aromatic rings. The van der Waals surface area contributed by atoms with Crippen molar-refractivity contribution in [2.24, 2.45) is 0 Å². The van der Waals surface area contributed by atoms with E-state index in [2.05, 4.69) is 44.3 Å². The Morgan fingerprint density at radius 1 is 1.00 bits per heavy atom. The van der Waals surface area contributed by atoms with Crippen LogP contribution in [-0.2, 0) is 0 Å². The summed E-state index contributed by atoms with van der Waals surface area (Å²) in [5, 5.41) is 3.34. The standard InChI is InChI=1S/C18H16N6/c1-13(14-5-3-2-4-6-14)22-18-20-8-7-15(23-18)16-11-21-17-12-19-9-10-24(16)17/h2-13H,1H3,(H,20,22,23)/t13-/m0/s1. The summed E-state index contributed by atoms with van der Waals surface area (Å²) >= 11 is 0. The van der Waals surface area contributed by atoms with Crippen molar-refractivity contribution in [1.29, 1.82) is 0 Å². The number of nitrogens with zero attached hydrogens (tertiary/aromatic N) is 5. The van der Waals surface area contributed by atoms with Crippen LogP contribution < -0.4 is 5.32 Å². The molecular formula is C18H16N6. The number of anilines is 1. The molecule has 3 aromatic heterocycles. The number of imidazole rings is 1. The van der Waals surface area contributed by atoms with Crippen molar-refractivity contribution < 1.29 is 0 Å². The van der Waals surface area contributed by atoms with E-state index < -0.39 is 0 Å². The van der Waals surface area contributed by atoms with E-state index in [1.54, 1.807) is 24.8 Å². The van der Waals surface area contributed by atoms with Gasteiger partial charge in [-0.15, -0.1) is 0 Å². The molecule has 1 atom stereocenters. The zero-order valence-corrected chi connectivity index (χ0v) is 13.2. The fourth-order valence-electron chi connectivity index (χ4n) is 2.62. The summed E-state index contributed by atoms with van der Waals surface area (Å²) in [6.07, 6.45) is 8.88. The van der Waals surface area contributed by atoms with Crippen molar-refractivity contribution in [2.75, 3.05) is 5.32 Å². The number of hydrogen-bond acceptors (Lipinski definition) is 5. The Kier molecular flexibility index (Phi) is 3.63. The van der Waals surface area contributed by atoms with Crippen LogP contribution in [-0.4, -0.2) is 24.3 Å². The van der Waals surface area contributed by atoms with Crippen molar-refractivity contribution in [2.45, 2.75) is 13.0 Å². The Morgan fingerprint density at radius 2 is 1.88 bits per heavy atom. The van der Waals surface area contributed by atoms with Crippen molar-refractivity contribution >= 4 is 11.6 Å². The zero-order valence-electron chi connectivity index (χ0n) is 13.2. The normalized spacial score (nSPS) is 12.2. The molecule has 1 N–H and O–H groups in total. The molecule has 0 amide bonds. The molecular weight excluding hydrogens is 300 g/mol. The molecule has 0 saturated heterocycles. The van der Waals surface area contributed by atoms with Crippen LogP contribution in [0.15, 0.2) is 67.4 Å². The number of aromatic nitrogens is 5. The minimum Gasteiger partial charge on any atom is -0.348 e. The summed E-state index contributed by atoms with van der Waals surface area (Å²) in [6, 6.07) is 12.2. The van der Waals surface area contributed by atoms with Crippen LogP contribution >= 0.6 is 0 Å². The molecule has 0 bridgehead atoms. The van der Waals surface area contributed by atoms with Crippen LogP contribution in [0.1, 0.15) is 18.5 Å². The highest BCUT2D eigenvalue weighted by molar-refractivity contribution is 5.60. The molecule has 0 fully saturated rings. The van der Waals surface area contributed by atoms with Gasteiger partial charge in [0.15, 0.2) is 5.65 Å². The molecule has 0 unspecified atom stereocenters. The summed E-state index contributed by atoms with van der Waals surface area (Å²) in [5.74, 6) is 0.591.